The molecule has 3 unspecified atom stereocenters. The van der Waals surface area contributed by atoms with Crippen molar-refractivity contribution < 1.29 is 9.59 Å². The minimum Gasteiger partial charge on any atom is -0.384 e. The van der Waals surface area contributed by atoms with E-state index in [9.17, 15) is 9.59 Å². The number of benzene rings is 3. The number of nitrogens with zero attached hydrogens (tertiary/aromatic N) is 1. The predicted octanol–water partition coefficient (Wildman–Crippen LogP) is 7.09. The molecule has 1 spiro atoms. The largest absolute Gasteiger partial charge is 0.384 e. The molecule has 2 aliphatic heterocycles. The van der Waals surface area contributed by atoms with Crippen LogP contribution in [0.2, 0.25) is 0 Å². The molecule has 5 nitrogen and oxygen atoms in total. The highest BCUT2D eigenvalue weighted by atomic mass is 16.2. The number of hydrogen-bond donors (Lipinski definition) is 2. The summed E-state index contributed by atoms with van der Waals surface area (Å²) in [5, 5.41) is 6.65. The molecule has 41 heavy (non-hydrogen) atoms. The van der Waals surface area contributed by atoms with Crippen molar-refractivity contribution in [1.29, 1.82) is 0 Å². The summed E-state index contributed by atoms with van der Waals surface area (Å²) in [6.45, 7) is 11.1. The first-order valence-corrected chi connectivity index (χ1v) is 15.1. The van der Waals surface area contributed by atoms with Crippen LogP contribution in [0.1, 0.15) is 74.3 Å². The van der Waals surface area contributed by atoms with Gasteiger partial charge in [-0.1, -0.05) is 93.9 Å². The average molecular weight is 552 g/mol. The second-order valence-electron chi connectivity index (χ2n) is 11.3. The van der Waals surface area contributed by atoms with E-state index in [0.29, 0.717) is 18.9 Å². The zero-order chi connectivity index (χ0) is 29.6. The molecular weight excluding hydrogens is 506 g/mol. The summed E-state index contributed by atoms with van der Waals surface area (Å²) in [6.07, 6.45) is 6.95. The summed E-state index contributed by atoms with van der Waals surface area (Å²) in [4.78, 5) is 29.2. The standard InChI is InChI=1S/C34H39N3O2.C2H6/c1-5-24(3)27-12-14-28(15-13-27)37(4)33(39)31-20-26-9-6-8-25(19-26)10-7-17-34(21-32(38)36-31)22-35-30-16-11-23(2)18-29(30)34;1-2/h6-9,11-19,24,31,35H,5,10,20-22H2,1-4H3,(H,36,38);1-2H3/b17-7-;. The third-order valence-corrected chi connectivity index (χ3v) is 8.43. The lowest BCUT2D eigenvalue weighted by Crippen LogP contribution is -2.50. The van der Waals surface area contributed by atoms with E-state index in [1.54, 1.807) is 11.9 Å². The Morgan fingerprint density at radius 2 is 1.78 bits per heavy atom. The highest BCUT2D eigenvalue weighted by Crippen LogP contribution is 2.41. The first-order valence-electron chi connectivity index (χ1n) is 15.1. The lowest BCUT2D eigenvalue weighted by atomic mass is 9.77. The van der Waals surface area contributed by atoms with Gasteiger partial charge in [0.15, 0.2) is 0 Å². The molecule has 0 aliphatic carbocycles. The number of carbonyl (C=O) groups is 2. The second-order valence-corrected chi connectivity index (χ2v) is 11.3. The maximum atomic E-state index is 13.9. The molecule has 2 bridgehead atoms. The van der Waals surface area contributed by atoms with Crippen LogP contribution in [0.5, 0.6) is 0 Å². The number of likely N-dealkylation sites (N-methyl/N-ethyl adjacent to an activating group) is 1. The van der Waals surface area contributed by atoms with Crippen LogP contribution in [0.4, 0.5) is 11.4 Å². The molecular formula is C36H45N3O2. The van der Waals surface area contributed by atoms with Crippen molar-refractivity contribution in [3.8, 4) is 0 Å². The van der Waals surface area contributed by atoms with Crippen LogP contribution in [0, 0.1) is 6.92 Å². The third kappa shape index (κ3) is 6.73. The highest BCUT2D eigenvalue weighted by Gasteiger charge is 2.39. The number of hydrogen-bond acceptors (Lipinski definition) is 3. The summed E-state index contributed by atoms with van der Waals surface area (Å²) in [5.74, 6) is 0.234. The Morgan fingerprint density at radius 3 is 2.51 bits per heavy atom. The van der Waals surface area contributed by atoms with Crippen molar-refractivity contribution in [2.75, 3.05) is 23.8 Å². The number of nitrogens with one attached hydrogen (secondary N) is 2. The molecule has 2 aliphatic rings. The molecule has 216 valence electrons. The number of fused-ring (bicyclic) bond motifs is 4. The first-order chi connectivity index (χ1) is 19.8. The molecule has 0 saturated carbocycles. The van der Waals surface area contributed by atoms with Crippen molar-refractivity contribution in [3.63, 3.8) is 0 Å². The van der Waals surface area contributed by atoms with E-state index in [1.165, 1.54) is 16.7 Å². The van der Waals surface area contributed by atoms with E-state index in [2.05, 4.69) is 86.0 Å². The van der Waals surface area contributed by atoms with Crippen LogP contribution in [0.15, 0.2) is 78.9 Å². The first kappa shape index (κ1) is 30.1. The maximum absolute atomic E-state index is 13.9. The number of rotatable bonds is 4. The SMILES string of the molecule is CC.CCC(C)c1ccc(N(C)C(=O)C2Cc3cccc(c3)C/C=C\C3(CNc4ccc(C)cc43)CC(=O)N2)cc1. The number of allylic oxidation sites excluding steroid dienone is 1. The lowest BCUT2D eigenvalue weighted by molar-refractivity contribution is -0.128. The molecule has 5 heteroatoms. The molecule has 2 amide bonds. The van der Waals surface area contributed by atoms with Crippen molar-refractivity contribution in [2.24, 2.45) is 0 Å². The van der Waals surface area contributed by atoms with Crippen LogP contribution in [0.25, 0.3) is 0 Å². The second kappa shape index (κ2) is 13.2. The van der Waals surface area contributed by atoms with E-state index < -0.39 is 11.5 Å². The van der Waals surface area contributed by atoms with Gasteiger partial charge in [-0.15, -0.1) is 0 Å². The van der Waals surface area contributed by atoms with Gasteiger partial charge < -0.3 is 15.5 Å². The van der Waals surface area contributed by atoms with E-state index >= 15 is 0 Å². The van der Waals surface area contributed by atoms with Crippen LogP contribution in [0.3, 0.4) is 0 Å². The molecule has 2 N–H and O–H groups in total. The quantitative estimate of drug-likeness (QED) is 0.340. The summed E-state index contributed by atoms with van der Waals surface area (Å²) in [6, 6.07) is 22.2. The Morgan fingerprint density at radius 1 is 1.05 bits per heavy atom. The lowest BCUT2D eigenvalue weighted by Gasteiger charge is -2.29. The van der Waals surface area contributed by atoms with Crippen LogP contribution >= 0.6 is 0 Å². The van der Waals surface area contributed by atoms with Gasteiger partial charge >= 0.3 is 0 Å². The average Bonchev–Trinajstić information content (AvgIpc) is 3.33. The fraction of sp³-hybridized carbons (Fsp3) is 0.389. The van der Waals surface area contributed by atoms with Gasteiger partial charge in [0.1, 0.15) is 6.04 Å². The van der Waals surface area contributed by atoms with Crippen molar-refractivity contribution in [1.82, 2.24) is 5.32 Å². The van der Waals surface area contributed by atoms with Crippen LogP contribution in [-0.4, -0.2) is 31.4 Å². The third-order valence-electron chi connectivity index (χ3n) is 8.43. The summed E-state index contributed by atoms with van der Waals surface area (Å²) in [7, 11) is 1.80. The highest BCUT2D eigenvalue weighted by molar-refractivity contribution is 5.99. The predicted molar refractivity (Wildman–Crippen MR) is 171 cm³/mol. The number of aryl methyl sites for hydroxylation is 1. The van der Waals surface area contributed by atoms with Crippen molar-refractivity contribution in [3.05, 3.63) is 107 Å². The van der Waals surface area contributed by atoms with Gasteiger partial charge in [0.25, 0.3) is 0 Å². The molecule has 0 fully saturated rings. The Bertz CT molecular complexity index is 1390. The van der Waals surface area contributed by atoms with Gasteiger partial charge in [-0.3, -0.25) is 9.59 Å². The van der Waals surface area contributed by atoms with Gasteiger partial charge in [-0.2, -0.15) is 0 Å². The zero-order valence-corrected chi connectivity index (χ0v) is 25.5. The zero-order valence-electron chi connectivity index (χ0n) is 25.5. The molecule has 3 atom stereocenters. The van der Waals surface area contributed by atoms with Crippen molar-refractivity contribution in [2.45, 2.75) is 77.7 Å². The van der Waals surface area contributed by atoms with Gasteiger partial charge in [0, 0.05) is 43.2 Å². The number of carbonyl (C=O) groups excluding carboxylic acids is 2. The van der Waals surface area contributed by atoms with E-state index in [0.717, 1.165) is 35.3 Å². The van der Waals surface area contributed by atoms with E-state index in [4.69, 9.17) is 0 Å². The van der Waals surface area contributed by atoms with Gasteiger partial charge in [0.2, 0.25) is 11.8 Å². The maximum Gasteiger partial charge on any atom is 0.249 e. The van der Waals surface area contributed by atoms with Gasteiger partial charge in [-0.25, -0.2) is 0 Å². The summed E-state index contributed by atoms with van der Waals surface area (Å²) >= 11 is 0. The minimum absolute atomic E-state index is 0.118. The van der Waals surface area contributed by atoms with Crippen LogP contribution < -0.4 is 15.5 Å². The molecule has 0 aromatic heterocycles. The van der Waals surface area contributed by atoms with Crippen molar-refractivity contribution >= 4 is 23.2 Å². The molecule has 0 saturated heterocycles. The summed E-state index contributed by atoms with van der Waals surface area (Å²) in [5.41, 5.74) is 7.23. The Balaban J connectivity index is 0.00000189. The Labute approximate surface area is 246 Å². The topological polar surface area (TPSA) is 61.4 Å². The summed E-state index contributed by atoms with van der Waals surface area (Å²) < 4.78 is 0. The molecule has 5 rings (SSSR count). The fourth-order valence-corrected chi connectivity index (χ4v) is 5.83. The normalized spacial score (nSPS) is 21.1. The van der Waals surface area contributed by atoms with Crippen LogP contribution in [-0.2, 0) is 27.8 Å². The molecule has 3 aromatic rings. The number of anilines is 2. The number of amides is 2. The van der Waals surface area contributed by atoms with E-state index in [1.807, 2.05) is 38.1 Å². The van der Waals surface area contributed by atoms with Gasteiger partial charge in [0.05, 0.1) is 0 Å². The smallest absolute Gasteiger partial charge is 0.249 e. The van der Waals surface area contributed by atoms with Gasteiger partial charge in [-0.05, 0) is 66.1 Å². The molecule has 3 aromatic carbocycles. The molecule has 2 heterocycles. The van der Waals surface area contributed by atoms with E-state index in [-0.39, 0.29) is 18.2 Å². The minimum atomic E-state index is -0.668. The Kier molecular flexibility index (Phi) is 9.69. The monoisotopic (exact) mass is 551 g/mol. The molecule has 0 radical (unpaired) electrons. The fourth-order valence-electron chi connectivity index (χ4n) is 5.83. The Hall–Kier alpha value is -3.86.